The third kappa shape index (κ3) is 4.35. The summed E-state index contributed by atoms with van der Waals surface area (Å²) in [5.74, 6) is -0.591. The number of hydrogen-bond acceptors (Lipinski definition) is 5. The van der Waals surface area contributed by atoms with Crippen LogP contribution in [0.3, 0.4) is 0 Å². The molecule has 4 rings (SSSR count). The zero-order valence-electron chi connectivity index (χ0n) is 21.5. The number of methoxy groups -OCH3 is 1. The summed E-state index contributed by atoms with van der Waals surface area (Å²) in [6.45, 7) is 10.1. The highest BCUT2D eigenvalue weighted by atomic mass is 16.5. The molecule has 1 aliphatic heterocycles. The Balaban J connectivity index is 1.99. The molecule has 3 aromatic rings. The van der Waals surface area contributed by atoms with Crippen molar-refractivity contribution in [3.63, 3.8) is 0 Å². The predicted octanol–water partition coefficient (Wildman–Crippen LogP) is 5.95. The number of aliphatic hydroxyl groups excluding tert-OH is 1. The maximum absolute atomic E-state index is 13.5. The van der Waals surface area contributed by atoms with Crippen LogP contribution >= 0.6 is 0 Å². The Morgan fingerprint density at radius 3 is 2.28 bits per heavy atom. The normalized spacial score (nSPS) is 16.9. The maximum atomic E-state index is 13.5. The minimum absolute atomic E-state index is 0.0378. The van der Waals surface area contributed by atoms with Gasteiger partial charge in [0.25, 0.3) is 11.7 Å². The Labute approximate surface area is 211 Å². The van der Waals surface area contributed by atoms with Gasteiger partial charge >= 0.3 is 0 Å². The van der Waals surface area contributed by atoms with E-state index in [1.165, 1.54) is 4.90 Å². The fourth-order valence-electron chi connectivity index (χ4n) is 4.65. The quantitative estimate of drug-likeness (QED) is 0.265. The Morgan fingerprint density at radius 2 is 1.64 bits per heavy atom. The number of anilines is 1. The van der Waals surface area contributed by atoms with Gasteiger partial charge in [-0.2, -0.15) is 0 Å². The van der Waals surface area contributed by atoms with E-state index in [2.05, 4.69) is 0 Å². The summed E-state index contributed by atoms with van der Waals surface area (Å²) in [4.78, 5) is 28.5. The van der Waals surface area contributed by atoms with E-state index in [0.717, 1.165) is 22.3 Å². The molecule has 1 unspecified atom stereocenters. The molecule has 0 radical (unpaired) electrons. The van der Waals surface area contributed by atoms with Gasteiger partial charge < -0.3 is 14.6 Å². The summed E-state index contributed by atoms with van der Waals surface area (Å²) in [5, 5.41) is 11.4. The van der Waals surface area contributed by atoms with Gasteiger partial charge in [0.1, 0.15) is 5.76 Å². The lowest BCUT2D eigenvalue weighted by Crippen LogP contribution is -2.30. The Kier molecular flexibility index (Phi) is 6.88. The number of nitrogens with zero attached hydrogens (tertiary/aromatic N) is 1. The van der Waals surface area contributed by atoms with Gasteiger partial charge in [0.05, 0.1) is 25.3 Å². The van der Waals surface area contributed by atoms with Gasteiger partial charge in [-0.15, -0.1) is 0 Å². The maximum Gasteiger partial charge on any atom is 0.300 e. The van der Waals surface area contributed by atoms with E-state index in [4.69, 9.17) is 9.47 Å². The Hall–Kier alpha value is -4.06. The molecule has 0 aliphatic carbocycles. The Morgan fingerprint density at radius 1 is 0.889 bits per heavy atom. The number of ether oxygens (including phenoxy) is 2. The molecule has 1 saturated heterocycles. The number of aryl methyl sites for hydroxylation is 4. The topological polar surface area (TPSA) is 76.1 Å². The molecule has 1 N–H and O–H groups in total. The van der Waals surface area contributed by atoms with Crippen molar-refractivity contribution in [2.75, 3.05) is 18.6 Å². The average molecular weight is 486 g/mol. The minimum atomic E-state index is -0.849. The van der Waals surface area contributed by atoms with E-state index in [-0.39, 0.29) is 11.3 Å². The Bertz CT molecular complexity index is 1390. The highest BCUT2D eigenvalue weighted by molar-refractivity contribution is 6.51. The molecule has 0 aromatic heterocycles. The highest BCUT2D eigenvalue weighted by Gasteiger charge is 2.47. The third-order valence-electron chi connectivity index (χ3n) is 6.64. The summed E-state index contributed by atoms with van der Waals surface area (Å²) in [6.07, 6.45) is 0. The number of Topliss-reactive ketones (excluding diaryl/α,β-unsaturated/α-hetero) is 1. The van der Waals surface area contributed by atoms with Crippen LogP contribution in [0.1, 0.15) is 46.3 Å². The molecule has 1 heterocycles. The van der Waals surface area contributed by atoms with Crippen molar-refractivity contribution in [2.24, 2.45) is 0 Å². The second kappa shape index (κ2) is 9.90. The monoisotopic (exact) mass is 485 g/mol. The number of carbonyl (C=O) groups excluding carboxylic acids is 2. The van der Waals surface area contributed by atoms with E-state index in [1.54, 1.807) is 31.4 Å². The molecule has 0 saturated carbocycles. The van der Waals surface area contributed by atoms with Crippen LogP contribution in [0, 0.1) is 27.7 Å². The minimum Gasteiger partial charge on any atom is -0.507 e. The molecule has 6 heteroatoms. The first-order valence-corrected chi connectivity index (χ1v) is 11.9. The predicted molar refractivity (Wildman–Crippen MR) is 141 cm³/mol. The highest BCUT2D eigenvalue weighted by Crippen LogP contribution is 2.45. The largest absolute Gasteiger partial charge is 0.507 e. The summed E-state index contributed by atoms with van der Waals surface area (Å²) >= 11 is 0. The zero-order chi connectivity index (χ0) is 26.1. The van der Waals surface area contributed by atoms with Gasteiger partial charge in [0.2, 0.25) is 0 Å². The SMILES string of the molecule is CCOc1cc(C2/C(=C(\O)c3ccc(C)c(C)c3)C(=O)C(=O)N2c2ccc(C)cc2C)ccc1OC. The van der Waals surface area contributed by atoms with E-state index in [9.17, 15) is 14.7 Å². The second-order valence-electron chi connectivity index (χ2n) is 9.10. The molecule has 3 aromatic carbocycles. The van der Waals surface area contributed by atoms with E-state index < -0.39 is 17.7 Å². The van der Waals surface area contributed by atoms with E-state index in [0.29, 0.717) is 34.9 Å². The molecular weight excluding hydrogens is 454 g/mol. The van der Waals surface area contributed by atoms with Crippen LogP contribution in [0.5, 0.6) is 11.5 Å². The number of ketones is 1. The summed E-state index contributed by atoms with van der Waals surface area (Å²) in [7, 11) is 1.55. The van der Waals surface area contributed by atoms with Crippen LogP contribution in [0.2, 0.25) is 0 Å². The first-order chi connectivity index (χ1) is 17.2. The first-order valence-electron chi connectivity index (χ1n) is 11.9. The van der Waals surface area contributed by atoms with Crippen molar-refractivity contribution >= 4 is 23.1 Å². The van der Waals surface area contributed by atoms with Gasteiger partial charge in [0.15, 0.2) is 11.5 Å². The summed E-state index contributed by atoms with van der Waals surface area (Å²) < 4.78 is 11.2. The van der Waals surface area contributed by atoms with Crippen molar-refractivity contribution < 1.29 is 24.2 Å². The van der Waals surface area contributed by atoms with Crippen molar-refractivity contribution in [1.82, 2.24) is 0 Å². The van der Waals surface area contributed by atoms with E-state index >= 15 is 0 Å². The number of hydrogen-bond donors (Lipinski definition) is 1. The number of aliphatic hydroxyl groups is 1. The summed E-state index contributed by atoms with van der Waals surface area (Å²) in [6, 6.07) is 15.6. The van der Waals surface area contributed by atoms with Crippen LogP contribution in [0.15, 0.2) is 60.2 Å². The zero-order valence-corrected chi connectivity index (χ0v) is 21.5. The van der Waals surface area contributed by atoms with Crippen molar-refractivity contribution in [3.05, 3.63) is 93.6 Å². The standard InChI is InChI=1S/C30H31NO5/c1-7-36-25-16-21(11-13-24(25)35-6)27-26(28(32)22-10-9-18(3)19(4)15-22)29(33)30(34)31(27)23-12-8-17(2)14-20(23)5/h8-16,27,32H,7H2,1-6H3/b28-26+. The van der Waals surface area contributed by atoms with Crippen LogP contribution < -0.4 is 14.4 Å². The smallest absolute Gasteiger partial charge is 0.300 e. The lowest BCUT2D eigenvalue weighted by molar-refractivity contribution is -0.132. The molecule has 6 nitrogen and oxygen atoms in total. The molecule has 1 atom stereocenters. The lowest BCUT2D eigenvalue weighted by atomic mass is 9.93. The number of amides is 1. The van der Waals surface area contributed by atoms with Crippen LogP contribution in [0.25, 0.3) is 5.76 Å². The molecule has 1 aliphatic rings. The molecule has 1 amide bonds. The number of benzene rings is 3. The van der Waals surface area contributed by atoms with Gasteiger partial charge in [0, 0.05) is 11.3 Å². The van der Waals surface area contributed by atoms with Crippen LogP contribution in [-0.2, 0) is 9.59 Å². The molecule has 0 spiro atoms. The van der Waals surface area contributed by atoms with Gasteiger partial charge in [-0.25, -0.2) is 0 Å². The fourth-order valence-corrected chi connectivity index (χ4v) is 4.65. The molecular formula is C30H31NO5. The molecule has 186 valence electrons. The van der Waals surface area contributed by atoms with Crippen LogP contribution in [-0.4, -0.2) is 30.5 Å². The second-order valence-corrected chi connectivity index (χ2v) is 9.10. The molecule has 1 fully saturated rings. The van der Waals surface area contributed by atoms with Crippen molar-refractivity contribution in [1.29, 1.82) is 0 Å². The van der Waals surface area contributed by atoms with E-state index in [1.807, 2.05) is 65.0 Å². The van der Waals surface area contributed by atoms with Crippen LogP contribution in [0.4, 0.5) is 5.69 Å². The average Bonchev–Trinajstić information content (AvgIpc) is 3.11. The number of rotatable bonds is 6. The summed E-state index contributed by atoms with van der Waals surface area (Å²) in [5.41, 5.74) is 5.70. The van der Waals surface area contributed by atoms with Crippen molar-refractivity contribution in [2.45, 2.75) is 40.7 Å². The van der Waals surface area contributed by atoms with Gasteiger partial charge in [-0.3, -0.25) is 14.5 Å². The lowest BCUT2D eigenvalue weighted by Gasteiger charge is -2.27. The molecule has 36 heavy (non-hydrogen) atoms. The third-order valence-corrected chi connectivity index (χ3v) is 6.64. The molecule has 0 bridgehead atoms. The first kappa shape index (κ1) is 25.0. The fraction of sp³-hybridized carbons (Fsp3) is 0.267. The van der Waals surface area contributed by atoms with Crippen molar-refractivity contribution in [3.8, 4) is 11.5 Å². The van der Waals surface area contributed by atoms with Gasteiger partial charge in [-0.05, 0) is 81.1 Å². The van der Waals surface area contributed by atoms with Gasteiger partial charge in [-0.1, -0.05) is 35.9 Å². The number of carbonyl (C=O) groups is 2.